The molecule has 0 aliphatic carbocycles. The number of hydrazone groups is 1. The molecule has 32 heavy (non-hydrogen) atoms. The number of nitrogens with zero attached hydrogens (tertiary/aromatic N) is 2. The molecule has 0 radical (unpaired) electrons. The number of aryl methyl sites for hydroxylation is 2. The third kappa shape index (κ3) is 4.97. The molecule has 2 N–H and O–H groups in total. The SMILES string of the molecule is COc1ccc(NC(=O)C(=O)N/N=C\c2cc(C)n(-c3ccc(C)cc3)c2C)c(OC)c1. The van der Waals surface area contributed by atoms with E-state index in [-0.39, 0.29) is 0 Å². The minimum Gasteiger partial charge on any atom is -0.497 e. The number of aromatic nitrogens is 1. The molecule has 0 atom stereocenters. The summed E-state index contributed by atoms with van der Waals surface area (Å²) in [6, 6.07) is 15.0. The highest BCUT2D eigenvalue weighted by Crippen LogP contribution is 2.28. The summed E-state index contributed by atoms with van der Waals surface area (Å²) in [5.74, 6) is -0.822. The first-order valence-electron chi connectivity index (χ1n) is 9.96. The van der Waals surface area contributed by atoms with Crippen molar-refractivity contribution in [3.63, 3.8) is 0 Å². The predicted molar refractivity (Wildman–Crippen MR) is 124 cm³/mol. The molecule has 166 valence electrons. The van der Waals surface area contributed by atoms with Crippen LogP contribution < -0.4 is 20.2 Å². The van der Waals surface area contributed by atoms with Crippen molar-refractivity contribution in [1.29, 1.82) is 0 Å². The van der Waals surface area contributed by atoms with Crippen LogP contribution in [0.1, 0.15) is 22.5 Å². The molecule has 0 bridgehead atoms. The van der Waals surface area contributed by atoms with Gasteiger partial charge in [-0.2, -0.15) is 5.10 Å². The first kappa shape index (κ1) is 22.6. The number of hydrogen-bond donors (Lipinski definition) is 2. The summed E-state index contributed by atoms with van der Waals surface area (Å²) in [5, 5.41) is 6.45. The van der Waals surface area contributed by atoms with Crippen LogP contribution in [0.3, 0.4) is 0 Å². The van der Waals surface area contributed by atoms with E-state index in [4.69, 9.17) is 9.47 Å². The lowest BCUT2D eigenvalue weighted by atomic mass is 10.2. The molecule has 8 heteroatoms. The van der Waals surface area contributed by atoms with E-state index in [9.17, 15) is 9.59 Å². The Kier molecular flexibility index (Phi) is 6.94. The fourth-order valence-electron chi connectivity index (χ4n) is 3.30. The van der Waals surface area contributed by atoms with Gasteiger partial charge in [-0.05, 0) is 51.1 Å². The number of benzene rings is 2. The van der Waals surface area contributed by atoms with E-state index >= 15 is 0 Å². The lowest BCUT2D eigenvalue weighted by Gasteiger charge is -2.11. The number of carbonyl (C=O) groups excluding carboxylic acids is 2. The van der Waals surface area contributed by atoms with Gasteiger partial charge >= 0.3 is 11.8 Å². The van der Waals surface area contributed by atoms with Gasteiger partial charge in [-0.15, -0.1) is 0 Å². The molecule has 0 saturated carbocycles. The zero-order chi connectivity index (χ0) is 23.3. The maximum Gasteiger partial charge on any atom is 0.329 e. The molecular weight excluding hydrogens is 408 g/mol. The van der Waals surface area contributed by atoms with E-state index in [1.54, 1.807) is 18.2 Å². The van der Waals surface area contributed by atoms with Crippen molar-refractivity contribution >= 4 is 23.7 Å². The molecule has 0 unspecified atom stereocenters. The van der Waals surface area contributed by atoms with Gasteiger partial charge in [0, 0.05) is 28.7 Å². The van der Waals surface area contributed by atoms with Crippen LogP contribution in [0.25, 0.3) is 5.69 Å². The van der Waals surface area contributed by atoms with Gasteiger partial charge in [0.05, 0.1) is 26.1 Å². The summed E-state index contributed by atoms with van der Waals surface area (Å²) >= 11 is 0. The zero-order valence-electron chi connectivity index (χ0n) is 18.7. The van der Waals surface area contributed by atoms with Gasteiger partial charge in [-0.3, -0.25) is 9.59 Å². The highest BCUT2D eigenvalue weighted by molar-refractivity contribution is 6.39. The number of carbonyl (C=O) groups is 2. The summed E-state index contributed by atoms with van der Waals surface area (Å²) in [6.07, 6.45) is 1.52. The van der Waals surface area contributed by atoms with E-state index < -0.39 is 11.8 Å². The number of hydrogen-bond acceptors (Lipinski definition) is 5. The van der Waals surface area contributed by atoms with Gasteiger partial charge in [0.15, 0.2) is 0 Å². The Morgan fingerprint density at radius 2 is 1.66 bits per heavy atom. The zero-order valence-corrected chi connectivity index (χ0v) is 18.7. The minimum atomic E-state index is -0.897. The quantitative estimate of drug-likeness (QED) is 0.353. The molecule has 0 fully saturated rings. The third-order valence-corrected chi connectivity index (χ3v) is 5.00. The van der Waals surface area contributed by atoms with Gasteiger partial charge in [0.1, 0.15) is 11.5 Å². The van der Waals surface area contributed by atoms with Gasteiger partial charge in [0.25, 0.3) is 0 Å². The summed E-state index contributed by atoms with van der Waals surface area (Å²) in [5.41, 5.74) is 7.67. The Labute approximate surface area is 186 Å². The Morgan fingerprint density at radius 1 is 0.938 bits per heavy atom. The third-order valence-electron chi connectivity index (χ3n) is 5.00. The van der Waals surface area contributed by atoms with E-state index in [0.717, 1.165) is 22.6 Å². The van der Waals surface area contributed by atoms with Crippen molar-refractivity contribution in [2.24, 2.45) is 5.10 Å². The summed E-state index contributed by atoms with van der Waals surface area (Å²) in [7, 11) is 2.98. The number of nitrogens with one attached hydrogen (secondary N) is 2. The Morgan fingerprint density at radius 3 is 2.31 bits per heavy atom. The average Bonchev–Trinajstić information content (AvgIpc) is 3.07. The van der Waals surface area contributed by atoms with Crippen molar-refractivity contribution in [2.45, 2.75) is 20.8 Å². The number of ether oxygens (including phenoxy) is 2. The largest absolute Gasteiger partial charge is 0.497 e. The first-order chi connectivity index (χ1) is 15.3. The van der Waals surface area contributed by atoms with Crippen LogP contribution in [-0.2, 0) is 9.59 Å². The monoisotopic (exact) mass is 434 g/mol. The Balaban J connectivity index is 1.67. The van der Waals surface area contributed by atoms with Crippen LogP contribution in [-0.4, -0.2) is 36.8 Å². The highest BCUT2D eigenvalue weighted by Gasteiger charge is 2.16. The summed E-state index contributed by atoms with van der Waals surface area (Å²) in [4.78, 5) is 24.4. The van der Waals surface area contributed by atoms with E-state index in [1.807, 2.05) is 26.8 Å². The lowest BCUT2D eigenvalue weighted by Crippen LogP contribution is -2.32. The second kappa shape index (κ2) is 9.82. The predicted octanol–water partition coefficient (Wildman–Crippen LogP) is 3.51. The van der Waals surface area contributed by atoms with E-state index in [0.29, 0.717) is 17.2 Å². The van der Waals surface area contributed by atoms with E-state index in [1.165, 1.54) is 26.0 Å². The number of rotatable bonds is 6. The molecule has 3 rings (SSSR count). The average molecular weight is 434 g/mol. The molecule has 0 saturated heterocycles. The molecule has 1 heterocycles. The van der Waals surface area contributed by atoms with Gasteiger partial charge in [-0.1, -0.05) is 17.7 Å². The second-order valence-corrected chi connectivity index (χ2v) is 7.22. The van der Waals surface area contributed by atoms with Crippen LogP contribution in [0.15, 0.2) is 53.6 Å². The summed E-state index contributed by atoms with van der Waals surface area (Å²) in [6.45, 7) is 6.01. The van der Waals surface area contributed by atoms with Crippen molar-refractivity contribution in [3.05, 3.63) is 71.0 Å². The maximum absolute atomic E-state index is 12.2. The lowest BCUT2D eigenvalue weighted by molar-refractivity contribution is -0.136. The molecule has 1 aromatic heterocycles. The fraction of sp³-hybridized carbons (Fsp3) is 0.208. The van der Waals surface area contributed by atoms with Gasteiger partial charge in [0.2, 0.25) is 0 Å². The van der Waals surface area contributed by atoms with Crippen molar-refractivity contribution in [1.82, 2.24) is 9.99 Å². The molecule has 8 nitrogen and oxygen atoms in total. The van der Waals surface area contributed by atoms with Crippen molar-refractivity contribution in [2.75, 3.05) is 19.5 Å². The van der Waals surface area contributed by atoms with E-state index in [2.05, 4.69) is 44.7 Å². The number of amides is 2. The smallest absolute Gasteiger partial charge is 0.329 e. The molecular formula is C24H26N4O4. The van der Waals surface area contributed by atoms with Gasteiger partial charge < -0.3 is 19.4 Å². The summed E-state index contributed by atoms with van der Waals surface area (Å²) < 4.78 is 12.4. The molecule has 2 amide bonds. The second-order valence-electron chi connectivity index (χ2n) is 7.22. The number of methoxy groups -OCH3 is 2. The molecule has 3 aromatic rings. The van der Waals surface area contributed by atoms with Crippen LogP contribution in [0, 0.1) is 20.8 Å². The van der Waals surface area contributed by atoms with Gasteiger partial charge in [-0.25, -0.2) is 5.43 Å². The maximum atomic E-state index is 12.2. The topological polar surface area (TPSA) is 94.0 Å². The number of anilines is 1. The molecule has 0 aliphatic rings. The van der Waals surface area contributed by atoms with Crippen molar-refractivity contribution < 1.29 is 19.1 Å². The van der Waals surface area contributed by atoms with Crippen LogP contribution >= 0.6 is 0 Å². The highest BCUT2D eigenvalue weighted by atomic mass is 16.5. The first-order valence-corrected chi connectivity index (χ1v) is 9.96. The fourth-order valence-corrected chi connectivity index (χ4v) is 3.30. The molecule has 0 aliphatic heterocycles. The van der Waals surface area contributed by atoms with Crippen molar-refractivity contribution in [3.8, 4) is 17.2 Å². The minimum absolute atomic E-state index is 0.346. The molecule has 0 spiro atoms. The van der Waals surface area contributed by atoms with Crippen LogP contribution in [0.5, 0.6) is 11.5 Å². The molecule has 2 aromatic carbocycles. The Hall–Kier alpha value is -4.07. The normalized spacial score (nSPS) is 10.8. The van der Waals surface area contributed by atoms with Crippen LogP contribution in [0.4, 0.5) is 5.69 Å². The standard InChI is InChI=1S/C24H26N4O4/c1-15-6-8-19(9-7-15)28-16(2)12-18(17(28)3)14-25-27-24(30)23(29)26-21-11-10-20(31-4)13-22(21)32-5/h6-14H,1-5H3,(H,26,29)(H,27,30)/b25-14-. The van der Waals surface area contributed by atoms with Crippen LogP contribution in [0.2, 0.25) is 0 Å². The Bertz CT molecular complexity index is 1160.